The van der Waals surface area contributed by atoms with E-state index in [1.807, 2.05) is 0 Å². The summed E-state index contributed by atoms with van der Waals surface area (Å²) in [6, 6.07) is 3.83. The first-order chi connectivity index (χ1) is 7.27. The molecule has 0 atom stereocenters. The zero-order chi connectivity index (χ0) is 10.7. The Morgan fingerprint density at radius 3 is 3.00 bits per heavy atom. The van der Waals surface area contributed by atoms with Gasteiger partial charge < -0.3 is 10.1 Å². The maximum Gasteiger partial charge on any atom is 0.200 e. The molecule has 0 aromatic heterocycles. The molecule has 1 aliphatic heterocycles. The number of nitrogens with one attached hydrogen (secondary N) is 1. The summed E-state index contributed by atoms with van der Waals surface area (Å²) in [6.45, 7) is 1.61. The van der Waals surface area contributed by atoms with Crippen LogP contribution in [0.1, 0.15) is 0 Å². The molecule has 2 rings (SSSR count). The summed E-state index contributed by atoms with van der Waals surface area (Å²) in [4.78, 5) is 4.07. The summed E-state index contributed by atoms with van der Waals surface area (Å²) in [5.74, 6) is -1.30. The summed E-state index contributed by atoms with van der Waals surface area (Å²) in [7, 11) is 0. The van der Waals surface area contributed by atoms with Crippen LogP contribution in [0.25, 0.3) is 0 Å². The van der Waals surface area contributed by atoms with E-state index in [-0.39, 0.29) is 12.4 Å². The van der Waals surface area contributed by atoms with Gasteiger partial charge in [-0.2, -0.15) is 4.39 Å². The molecular weight excluding hydrogens is 202 g/mol. The Kier molecular flexibility index (Phi) is 2.80. The van der Waals surface area contributed by atoms with Gasteiger partial charge in [0.2, 0.25) is 5.82 Å². The molecule has 0 saturated heterocycles. The highest BCUT2D eigenvalue weighted by Gasteiger charge is 2.10. The summed E-state index contributed by atoms with van der Waals surface area (Å²) < 4.78 is 31.0. The minimum atomic E-state index is -0.962. The van der Waals surface area contributed by atoms with Crippen molar-refractivity contribution in [3.63, 3.8) is 0 Å². The summed E-state index contributed by atoms with van der Waals surface area (Å²) in [5.41, 5.74) is 0. The van der Waals surface area contributed by atoms with Gasteiger partial charge in [-0.05, 0) is 12.1 Å². The van der Waals surface area contributed by atoms with Crippen molar-refractivity contribution in [3.8, 4) is 5.75 Å². The third-order valence-corrected chi connectivity index (χ3v) is 2.02. The molecule has 0 spiro atoms. The fourth-order valence-corrected chi connectivity index (χ4v) is 1.29. The largest absolute Gasteiger partial charge is 0.483 e. The maximum absolute atomic E-state index is 13.1. The van der Waals surface area contributed by atoms with Crippen LogP contribution in [-0.2, 0) is 0 Å². The molecule has 5 heteroatoms. The van der Waals surface area contributed by atoms with Gasteiger partial charge in [0, 0.05) is 6.54 Å². The summed E-state index contributed by atoms with van der Waals surface area (Å²) in [5, 5.41) is 2.97. The van der Waals surface area contributed by atoms with Crippen LogP contribution in [0, 0.1) is 11.6 Å². The van der Waals surface area contributed by atoms with Gasteiger partial charge in [0.1, 0.15) is 12.4 Å². The van der Waals surface area contributed by atoms with Gasteiger partial charge in [0.25, 0.3) is 0 Å². The van der Waals surface area contributed by atoms with Gasteiger partial charge in [-0.25, -0.2) is 4.39 Å². The van der Waals surface area contributed by atoms with Crippen molar-refractivity contribution in [2.45, 2.75) is 0 Å². The second-order valence-electron chi connectivity index (χ2n) is 3.10. The van der Waals surface area contributed by atoms with Gasteiger partial charge in [-0.15, -0.1) is 0 Å². The van der Waals surface area contributed by atoms with Crippen molar-refractivity contribution in [2.24, 2.45) is 4.99 Å². The van der Waals surface area contributed by atoms with Crippen LogP contribution in [0.3, 0.4) is 0 Å². The molecule has 1 N–H and O–H groups in total. The summed E-state index contributed by atoms with van der Waals surface area (Å²) >= 11 is 0. The zero-order valence-electron chi connectivity index (χ0n) is 7.96. The molecule has 80 valence electrons. The number of halogens is 2. The highest BCUT2D eigenvalue weighted by Crippen LogP contribution is 2.18. The molecule has 0 unspecified atom stereocenters. The molecule has 0 saturated carbocycles. The van der Waals surface area contributed by atoms with Crippen LogP contribution in [0.2, 0.25) is 0 Å². The van der Waals surface area contributed by atoms with E-state index in [1.165, 1.54) is 12.1 Å². The molecule has 3 nitrogen and oxygen atoms in total. The number of benzene rings is 1. The van der Waals surface area contributed by atoms with Gasteiger partial charge in [-0.1, -0.05) is 6.07 Å². The van der Waals surface area contributed by atoms with Crippen molar-refractivity contribution in [1.82, 2.24) is 5.32 Å². The van der Waals surface area contributed by atoms with E-state index in [1.54, 1.807) is 0 Å². The van der Waals surface area contributed by atoms with Crippen LogP contribution in [0.4, 0.5) is 8.78 Å². The number of rotatable bonds is 3. The van der Waals surface area contributed by atoms with Crippen molar-refractivity contribution in [3.05, 3.63) is 29.8 Å². The fraction of sp³-hybridized carbons (Fsp3) is 0.300. The van der Waals surface area contributed by atoms with Crippen molar-refractivity contribution in [1.29, 1.82) is 0 Å². The minimum absolute atomic E-state index is 0.0913. The Balaban J connectivity index is 2.01. The fourth-order valence-electron chi connectivity index (χ4n) is 1.29. The Hall–Kier alpha value is -1.65. The lowest BCUT2D eigenvalue weighted by Crippen LogP contribution is -2.25. The average molecular weight is 212 g/mol. The predicted octanol–water partition coefficient (Wildman–Crippen LogP) is 1.35. The average Bonchev–Trinajstić information content (AvgIpc) is 2.73. The van der Waals surface area contributed by atoms with E-state index in [0.717, 1.165) is 12.6 Å². The molecule has 15 heavy (non-hydrogen) atoms. The van der Waals surface area contributed by atoms with E-state index in [9.17, 15) is 8.78 Å². The smallest absolute Gasteiger partial charge is 0.200 e. The number of hydrogen-bond donors (Lipinski definition) is 1. The molecule has 0 aliphatic carbocycles. The lowest BCUT2D eigenvalue weighted by atomic mass is 10.3. The minimum Gasteiger partial charge on any atom is -0.483 e. The van der Waals surface area contributed by atoms with E-state index < -0.39 is 11.6 Å². The molecule has 0 fully saturated rings. The molecule has 0 amide bonds. The first-order valence-electron chi connectivity index (χ1n) is 4.61. The molecular formula is C10H10F2N2O. The normalized spacial score (nSPS) is 14.7. The number of aliphatic imine (C=N–C) groups is 1. The Morgan fingerprint density at radius 2 is 2.27 bits per heavy atom. The lowest BCUT2D eigenvalue weighted by Gasteiger charge is -2.07. The number of nitrogens with zero attached hydrogens (tertiary/aromatic N) is 1. The number of hydrogen-bond acceptors (Lipinski definition) is 3. The third-order valence-electron chi connectivity index (χ3n) is 2.02. The van der Waals surface area contributed by atoms with Crippen LogP contribution >= 0.6 is 0 Å². The monoisotopic (exact) mass is 212 g/mol. The number of amidine groups is 1. The van der Waals surface area contributed by atoms with E-state index in [0.29, 0.717) is 12.4 Å². The molecule has 1 aromatic rings. The van der Waals surface area contributed by atoms with Crippen molar-refractivity contribution < 1.29 is 13.5 Å². The molecule has 1 aromatic carbocycles. The Morgan fingerprint density at radius 1 is 1.40 bits per heavy atom. The highest BCUT2D eigenvalue weighted by molar-refractivity contribution is 5.84. The first kappa shape index (κ1) is 9.89. The van der Waals surface area contributed by atoms with Crippen molar-refractivity contribution >= 4 is 5.84 Å². The Bertz CT molecular complexity index is 393. The quantitative estimate of drug-likeness (QED) is 0.820. The van der Waals surface area contributed by atoms with Gasteiger partial charge in [-0.3, -0.25) is 4.99 Å². The van der Waals surface area contributed by atoms with Crippen LogP contribution in [0.5, 0.6) is 5.75 Å². The van der Waals surface area contributed by atoms with Crippen molar-refractivity contribution in [2.75, 3.05) is 19.7 Å². The second kappa shape index (κ2) is 4.25. The molecule has 1 aliphatic rings. The van der Waals surface area contributed by atoms with E-state index >= 15 is 0 Å². The van der Waals surface area contributed by atoms with Crippen LogP contribution < -0.4 is 10.1 Å². The van der Waals surface area contributed by atoms with Crippen LogP contribution in [-0.4, -0.2) is 25.5 Å². The SMILES string of the molecule is Fc1cccc(OCC2=NCCN2)c1F. The van der Waals surface area contributed by atoms with Gasteiger partial charge >= 0.3 is 0 Å². The highest BCUT2D eigenvalue weighted by atomic mass is 19.2. The molecule has 1 heterocycles. The molecule has 0 radical (unpaired) electrons. The predicted molar refractivity (Wildman–Crippen MR) is 52.2 cm³/mol. The maximum atomic E-state index is 13.1. The van der Waals surface area contributed by atoms with Crippen LogP contribution in [0.15, 0.2) is 23.2 Å². The number of ether oxygens (including phenoxy) is 1. The molecule has 0 bridgehead atoms. The van der Waals surface area contributed by atoms with E-state index in [2.05, 4.69) is 10.3 Å². The zero-order valence-corrected chi connectivity index (χ0v) is 7.96. The van der Waals surface area contributed by atoms with E-state index in [4.69, 9.17) is 4.74 Å². The second-order valence-corrected chi connectivity index (χ2v) is 3.10. The Labute approximate surface area is 85.8 Å². The van der Waals surface area contributed by atoms with Gasteiger partial charge in [0.15, 0.2) is 11.6 Å². The summed E-state index contributed by atoms with van der Waals surface area (Å²) in [6.07, 6.45) is 0. The lowest BCUT2D eigenvalue weighted by molar-refractivity contribution is 0.341. The van der Waals surface area contributed by atoms with Gasteiger partial charge in [0.05, 0.1) is 6.54 Å². The first-order valence-corrected chi connectivity index (χ1v) is 4.61. The standard InChI is InChI=1S/C10H10F2N2O/c11-7-2-1-3-8(10(7)12)15-6-9-13-4-5-14-9/h1-3H,4-6H2,(H,13,14). The third kappa shape index (κ3) is 2.23. The topological polar surface area (TPSA) is 33.6 Å².